The van der Waals surface area contributed by atoms with E-state index in [-0.39, 0.29) is 18.0 Å². The van der Waals surface area contributed by atoms with Crippen molar-refractivity contribution in [3.8, 4) is 0 Å². The minimum absolute atomic E-state index is 0.0818. The molecule has 2 aromatic rings. The maximum absolute atomic E-state index is 14.5. The summed E-state index contributed by atoms with van der Waals surface area (Å²) in [7, 11) is 0. The van der Waals surface area contributed by atoms with Crippen LogP contribution in [0.3, 0.4) is 0 Å². The monoisotopic (exact) mass is 524 g/mol. The molecule has 37 heavy (non-hydrogen) atoms. The maximum Gasteiger partial charge on any atom is 0.348 e. The van der Waals surface area contributed by atoms with Crippen molar-refractivity contribution in [2.75, 3.05) is 26.3 Å². The van der Waals surface area contributed by atoms with Gasteiger partial charge in [-0.1, -0.05) is 72.3 Å². The summed E-state index contributed by atoms with van der Waals surface area (Å²) < 4.78 is 20.1. The SMILES string of the molecule is O=C(OC1CC2CCC(C1)[N+]21CCCC1)C(OC(Cl)C1CCOCC1)(c1ccccc1)c1ccccc1. The molecule has 0 amide bonds. The molecule has 198 valence electrons. The number of hydrogen-bond donors (Lipinski definition) is 0. The molecule has 4 fully saturated rings. The standard InChI is InChI=1S/C31H39ClNO4/c32-29(23-15-19-35-20-16-23)37-31(24-9-3-1-4-10-24,25-11-5-2-6-12-25)30(34)36-28-21-26-13-14-27(22-28)33(26)17-7-8-18-33/h1-6,9-12,23,26-29H,7-8,13-22H2/q+1. The first-order chi connectivity index (χ1) is 18.1. The summed E-state index contributed by atoms with van der Waals surface area (Å²) in [6.07, 6.45) is 8.62. The first-order valence-corrected chi connectivity index (χ1v) is 14.6. The van der Waals surface area contributed by atoms with E-state index >= 15 is 0 Å². The van der Waals surface area contributed by atoms with Crippen LogP contribution in [0.1, 0.15) is 62.5 Å². The predicted octanol–water partition coefficient (Wildman–Crippen LogP) is 5.79. The topological polar surface area (TPSA) is 44.8 Å². The Morgan fingerprint density at radius 1 is 0.865 bits per heavy atom. The minimum atomic E-state index is -1.43. The molecule has 0 N–H and O–H groups in total. The Labute approximate surface area is 225 Å². The molecule has 2 bridgehead atoms. The molecule has 1 spiro atoms. The number of alkyl halides is 1. The molecule has 0 aliphatic carbocycles. The second-order valence-electron chi connectivity index (χ2n) is 11.5. The Balaban J connectivity index is 1.32. The highest BCUT2D eigenvalue weighted by Gasteiger charge is 2.57. The van der Waals surface area contributed by atoms with Crippen molar-refractivity contribution in [3.63, 3.8) is 0 Å². The van der Waals surface area contributed by atoms with Crippen LogP contribution in [0, 0.1) is 5.92 Å². The number of ether oxygens (including phenoxy) is 3. The molecule has 3 unspecified atom stereocenters. The van der Waals surface area contributed by atoms with E-state index in [0.29, 0.717) is 25.3 Å². The number of benzene rings is 2. The third-order valence-corrected chi connectivity index (χ3v) is 10.0. The molecule has 2 aromatic carbocycles. The van der Waals surface area contributed by atoms with Gasteiger partial charge >= 0.3 is 5.97 Å². The van der Waals surface area contributed by atoms with Crippen molar-refractivity contribution in [2.24, 2.45) is 5.92 Å². The van der Waals surface area contributed by atoms with Crippen LogP contribution in [0.5, 0.6) is 0 Å². The average Bonchev–Trinajstić information content (AvgIpc) is 3.49. The molecule has 3 atom stereocenters. The largest absolute Gasteiger partial charge is 0.459 e. The summed E-state index contributed by atoms with van der Waals surface area (Å²) in [6, 6.07) is 20.8. The van der Waals surface area contributed by atoms with Crippen LogP contribution < -0.4 is 0 Å². The molecular formula is C31H39ClNO4+. The summed E-state index contributed by atoms with van der Waals surface area (Å²) in [5.41, 5.74) is -0.557. The second-order valence-corrected chi connectivity index (χ2v) is 11.9. The van der Waals surface area contributed by atoms with Crippen LogP contribution in [0.4, 0.5) is 0 Å². The van der Waals surface area contributed by atoms with Crippen molar-refractivity contribution in [1.82, 2.24) is 0 Å². The highest BCUT2D eigenvalue weighted by atomic mass is 35.5. The predicted molar refractivity (Wildman–Crippen MR) is 143 cm³/mol. The molecule has 5 nitrogen and oxygen atoms in total. The number of halogens is 1. The summed E-state index contributed by atoms with van der Waals surface area (Å²) in [6.45, 7) is 3.93. The summed E-state index contributed by atoms with van der Waals surface area (Å²) in [4.78, 5) is 14.5. The van der Waals surface area contributed by atoms with Crippen molar-refractivity contribution >= 4 is 17.6 Å². The minimum Gasteiger partial charge on any atom is -0.459 e. The van der Waals surface area contributed by atoms with E-state index in [9.17, 15) is 4.79 Å². The lowest BCUT2D eigenvalue weighted by molar-refractivity contribution is -0.956. The Kier molecular flexibility index (Phi) is 7.32. The molecule has 4 aliphatic heterocycles. The van der Waals surface area contributed by atoms with Gasteiger partial charge in [0, 0.05) is 57.7 Å². The number of carbonyl (C=O) groups excluding carboxylic acids is 1. The summed E-state index contributed by atoms with van der Waals surface area (Å²) in [5, 5.41) is 0. The van der Waals surface area contributed by atoms with Gasteiger partial charge in [-0.2, -0.15) is 0 Å². The van der Waals surface area contributed by atoms with Crippen LogP contribution in [-0.4, -0.2) is 60.5 Å². The van der Waals surface area contributed by atoms with Gasteiger partial charge in [0.1, 0.15) is 11.7 Å². The summed E-state index contributed by atoms with van der Waals surface area (Å²) >= 11 is 6.98. The number of esters is 1. The number of rotatable bonds is 7. The second kappa shape index (κ2) is 10.7. The van der Waals surface area contributed by atoms with E-state index < -0.39 is 11.2 Å². The summed E-state index contributed by atoms with van der Waals surface area (Å²) in [5.74, 6) is -0.234. The van der Waals surface area contributed by atoms with Gasteiger partial charge in [-0.15, -0.1) is 0 Å². The zero-order chi connectivity index (χ0) is 25.3. The van der Waals surface area contributed by atoms with Crippen LogP contribution in [-0.2, 0) is 24.6 Å². The van der Waals surface area contributed by atoms with Gasteiger partial charge in [0.05, 0.1) is 25.2 Å². The molecule has 4 heterocycles. The fraction of sp³-hybridized carbons (Fsp3) is 0.581. The number of nitrogens with zero attached hydrogens (tertiary/aromatic N) is 1. The lowest BCUT2D eigenvalue weighted by atomic mass is 9.85. The first kappa shape index (κ1) is 25.4. The Morgan fingerprint density at radius 2 is 1.41 bits per heavy atom. The van der Waals surface area contributed by atoms with E-state index in [1.807, 2.05) is 60.7 Å². The quantitative estimate of drug-likeness (QED) is 0.261. The van der Waals surface area contributed by atoms with Crippen molar-refractivity contribution < 1.29 is 23.5 Å². The normalized spacial score (nSPS) is 28.3. The molecule has 4 saturated heterocycles. The van der Waals surface area contributed by atoms with E-state index in [4.69, 9.17) is 25.8 Å². The van der Waals surface area contributed by atoms with Crippen molar-refractivity contribution in [3.05, 3.63) is 71.8 Å². The molecular weight excluding hydrogens is 486 g/mol. The number of carbonyl (C=O) groups is 1. The van der Waals surface area contributed by atoms with Crippen molar-refractivity contribution in [1.29, 1.82) is 0 Å². The van der Waals surface area contributed by atoms with Crippen LogP contribution >= 0.6 is 11.6 Å². The highest BCUT2D eigenvalue weighted by Crippen LogP contribution is 2.47. The highest BCUT2D eigenvalue weighted by molar-refractivity contribution is 6.20. The molecule has 0 aromatic heterocycles. The third-order valence-electron chi connectivity index (χ3n) is 9.60. The zero-order valence-electron chi connectivity index (χ0n) is 21.6. The lowest BCUT2D eigenvalue weighted by Crippen LogP contribution is -2.60. The van der Waals surface area contributed by atoms with Crippen LogP contribution in [0.25, 0.3) is 0 Å². The van der Waals surface area contributed by atoms with Gasteiger partial charge in [-0.3, -0.25) is 0 Å². The Morgan fingerprint density at radius 3 is 1.95 bits per heavy atom. The van der Waals surface area contributed by atoms with Gasteiger partial charge in [0.15, 0.2) is 0 Å². The molecule has 6 heteroatoms. The fourth-order valence-electron chi connectivity index (χ4n) is 7.72. The van der Waals surface area contributed by atoms with E-state index in [2.05, 4.69) is 0 Å². The number of piperidine rings is 1. The third kappa shape index (κ3) is 4.63. The molecule has 4 aliphatic rings. The van der Waals surface area contributed by atoms with Gasteiger partial charge < -0.3 is 18.7 Å². The van der Waals surface area contributed by atoms with E-state index in [0.717, 1.165) is 36.8 Å². The van der Waals surface area contributed by atoms with Crippen molar-refractivity contribution in [2.45, 2.75) is 80.7 Å². The van der Waals surface area contributed by atoms with Crippen LogP contribution in [0.2, 0.25) is 0 Å². The Hall–Kier alpha value is -1.92. The van der Waals surface area contributed by atoms with Gasteiger partial charge in [0.2, 0.25) is 5.60 Å². The van der Waals surface area contributed by atoms with Gasteiger partial charge in [0.25, 0.3) is 0 Å². The molecule has 6 rings (SSSR count). The number of quaternary nitrogens is 1. The molecule has 0 radical (unpaired) electrons. The van der Waals surface area contributed by atoms with Gasteiger partial charge in [-0.25, -0.2) is 4.79 Å². The maximum atomic E-state index is 14.5. The van der Waals surface area contributed by atoms with Crippen LogP contribution in [0.15, 0.2) is 60.7 Å². The lowest BCUT2D eigenvalue weighted by Gasteiger charge is -2.47. The zero-order valence-corrected chi connectivity index (χ0v) is 22.4. The molecule has 0 saturated carbocycles. The first-order valence-electron chi connectivity index (χ1n) is 14.2. The smallest absolute Gasteiger partial charge is 0.348 e. The van der Waals surface area contributed by atoms with E-state index in [1.54, 1.807) is 0 Å². The van der Waals surface area contributed by atoms with Gasteiger partial charge in [-0.05, 0) is 24.0 Å². The Bertz CT molecular complexity index is 996. The fourth-order valence-corrected chi connectivity index (χ4v) is 8.10. The van der Waals surface area contributed by atoms with E-state index in [1.165, 1.54) is 43.3 Å². The number of hydrogen-bond acceptors (Lipinski definition) is 4. The average molecular weight is 525 g/mol.